The third-order valence-electron chi connectivity index (χ3n) is 2.70. The number of nitrogens with two attached hydrogens (primary N) is 1. The molecular weight excluding hydrogens is 286 g/mol. The summed E-state index contributed by atoms with van der Waals surface area (Å²) in [6.07, 6.45) is 1.60. The number of amides is 1. The summed E-state index contributed by atoms with van der Waals surface area (Å²) in [6.45, 7) is 1.80. The van der Waals surface area contributed by atoms with E-state index in [0.29, 0.717) is 16.4 Å². The number of nitrogens with one attached hydrogen (secondary N) is 1. The Hall–Kier alpha value is -2.47. The minimum absolute atomic E-state index is 0.0830. The zero-order chi connectivity index (χ0) is 15.2. The van der Waals surface area contributed by atoms with Crippen LogP contribution in [0.5, 0.6) is 5.75 Å². The molecule has 1 aromatic carbocycles. The Balaban J connectivity index is 1.86. The van der Waals surface area contributed by atoms with Gasteiger partial charge in [-0.05, 0) is 43.3 Å². The van der Waals surface area contributed by atoms with E-state index in [4.69, 9.17) is 22.7 Å². The van der Waals surface area contributed by atoms with Gasteiger partial charge in [0.1, 0.15) is 10.7 Å². The number of anilines is 1. The normalized spacial score (nSPS) is 9.95. The molecule has 0 saturated heterocycles. The number of aromatic nitrogens is 1. The van der Waals surface area contributed by atoms with Gasteiger partial charge in [-0.2, -0.15) is 0 Å². The fourth-order valence-electron chi connectivity index (χ4n) is 1.60. The standard InChI is InChI=1S/C15H15N3O2S/c1-10-2-5-12(8-17-10)18-14(19)9-20-13-6-3-11(4-7-13)15(16)21/h2-8H,9H2,1H3,(H2,16,21)(H,18,19). The van der Waals surface area contributed by atoms with Crippen LogP contribution in [0.4, 0.5) is 5.69 Å². The molecule has 0 bridgehead atoms. The fraction of sp³-hybridized carbons (Fsp3) is 0.133. The number of benzene rings is 1. The average Bonchev–Trinajstić information content (AvgIpc) is 2.48. The van der Waals surface area contributed by atoms with Crippen molar-refractivity contribution in [1.29, 1.82) is 0 Å². The summed E-state index contributed by atoms with van der Waals surface area (Å²) < 4.78 is 5.38. The molecule has 2 aromatic rings. The Morgan fingerprint density at radius 2 is 2.00 bits per heavy atom. The Bertz CT molecular complexity index is 639. The number of carbonyl (C=O) groups excluding carboxylic acids is 1. The molecule has 0 aliphatic rings. The van der Waals surface area contributed by atoms with Crippen molar-refractivity contribution in [2.75, 3.05) is 11.9 Å². The maximum absolute atomic E-state index is 11.7. The lowest BCUT2D eigenvalue weighted by atomic mass is 10.2. The van der Waals surface area contributed by atoms with Crippen molar-refractivity contribution >= 4 is 28.8 Å². The topological polar surface area (TPSA) is 77.2 Å². The van der Waals surface area contributed by atoms with Gasteiger partial charge in [0.15, 0.2) is 6.61 Å². The van der Waals surface area contributed by atoms with E-state index in [1.807, 2.05) is 13.0 Å². The number of carbonyl (C=O) groups is 1. The number of hydrogen-bond donors (Lipinski definition) is 2. The quantitative estimate of drug-likeness (QED) is 0.826. The lowest BCUT2D eigenvalue weighted by molar-refractivity contribution is -0.118. The van der Waals surface area contributed by atoms with Crippen molar-refractivity contribution in [2.45, 2.75) is 6.92 Å². The minimum Gasteiger partial charge on any atom is -0.484 e. The van der Waals surface area contributed by atoms with E-state index in [9.17, 15) is 4.79 Å². The third-order valence-corrected chi connectivity index (χ3v) is 2.94. The molecule has 3 N–H and O–H groups in total. The highest BCUT2D eigenvalue weighted by atomic mass is 32.1. The number of ether oxygens (including phenoxy) is 1. The van der Waals surface area contributed by atoms with Gasteiger partial charge in [-0.25, -0.2) is 0 Å². The summed E-state index contributed by atoms with van der Waals surface area (Å²) >= 11 is 4.86. The summed E-state index contributed by atoms with van der Waals surface area (Å²) in [4.78, 5) is 16.2. The van der Waals surface area contributed by atoms with Crippen molar-refractivity contribution in [3.63, 3.8) is 0 Å². The third kappa shape index (κ3) is 4.54. The minimum atomic E-state index is -0.251. The second kappa shape index (κ2) is 6.81. The number of aryl methyl sites for hydroxylation is 1. The van der Waals surface area contributed by atoms with Crippen LogP contribution in [-0.2, 0) is 4.79 Å². The van der Waals surface area contributed by atoms with Gasteiger partial charge < -0.3 is 15.8 Å². The monoisotopic (exact) mass is 301 g/mol. The van der Waals surface area contributed by atoms with Crippen LogP contribution in [0.15, 0.2) is 42.6 Å². The van der Waals surface area contributed by atoms with Crippen LogP contribution in [0.25, 0.3) is 0 Å². The van der Waals surface area contributed by atoms with E-state index in [0.717, 1.165) is 11.3 Å². The maximum atomic E-state index is 11.7. The van der Waals surface area contributed by atoms with Crippen LogP contribution < -0.4 is 15.8 Å². The van der Waals surface area contributed by atoms with E-state index in [-0.39, 0.29) is 12.5 Å². The molecule has 1 amide bonds. The van der Waals surface area contributed by atoms with Gasteiger partial charge in [0.25, 0.3) is 5.91 Å². The van der Waals surface area contributed by atoms with Crippen LogP contribution in [0, 0.1) is 6.92 Å². The maximum Gasteiger partial charge on any atom is 0.262 e. The Morgan fingerprint density at radius 1 is 1.29 bits per heavy atom. The molecule has 1 aromatic heterocycles. The highest BCUT2D eigenvalue weighted by Crippen LogP contribution is 2.12. The first-order valence-electron chi connectivity index (χ1n) is 6.30. The van der Waals surface area contributed by atoms with Crippen LogP contribution in [-0.4, -0.2) is 22.5 Å². The first kappa shape index (κ1) is 14.9. The van der Waals surface area contributed by atoms with Gasteiger partial charge in [0, 0.05) is 11.3 Å². The van der Waals surface area contributed by atoms with Gasteiger partial charge in [-0.15, -0.1) is 0 Å². The van der Waals surface area contributed by atoms with E-state index in [2.05, 4.69) is 10.3 Å². The predicted molar refractivity (Wildman–Crippen MR) is 85.4 cm³/mol. The fourth-order valence-corrected chi connectivity index (χ4v) is 1.74. The van der Waals surface area contributed by atoms with Gasteiger partial charge >= 0.3 is 0 Å². The SMILES string of the molecule is Cc1ccc(NC(=O)COc2ccc(C(N)=S)cc2)cn1. The van der Waals surface area contributed by atoms with E-state index in [1.165, 1.54) is 0 Å². The smallest absolute Gasteiger partial charge is 0.262 e. The molecule has 0 fully saturated rings. The summed E-state index contributed by atoms with van der Waals surface area (Å²) in [7, 11) is 0. The Labute approximate surface area is 128 Å². The molecule has 0 unspecified atom stereocenters. The lowest BCUT2D eigenvalue weighted by Crippen LogP contribution is -2.20. The summed E-state index contributed by atoms with van der Waals surface area (Å²) in [5.74, 6) is 0.325. The number of nitrogens with zero attached hydrogens (tertiary/aromatic N) is 1. The zero-order valence-electron chi connectivity index (χ0n) is 11.5. The van der Waals surface area contributed by atoms with Crippen molar-refractivity contribution in [3.8, 4) is 5.75 Å². The van der Waals surface area contributed by atoms with Gasteiger partial charge in [0.05, 0.1) is 11.9 Å². The molecule has 108 valence electrons. The van der Waals surface area contributed by atoms with Gasteiger partial charge in [-0.3, -0.25) is 9.78 Å². The molecule has 0 radical (unpaired) electrons. The summed E-state index contributed by atoms with van der Waals surface area (Å²) in [6, 6.07) is 10.5. The van der Waals surface area contributed by atoms with Crippen LogP contribution in [0.2, 0.25) is 0 Å². The zero-order valence-corrected chi connectivity index (χ0v) is 12.3. The molecule has 2 rings (SSSR count). The van der Waals surface area contributed by atoms with Crippen molar-refractivity contribution < 1.29 is 9.53 Å². The first-order valence-corrected chi connectivity index (χ1v) is 6.70. The van der Waals surface area contributed by atoms with Crippen molar-refractivity contribution in [3.05, 3.63) is 53.9 Å². The van der Waals surface area contributed by atoms with Crippen molar-refractivity contribution in [2.24, 2.45) is 5.73 Å². The number of rotatable bonds is 5. The van der Waals surface area contributed by atoms with E-state index >= 15 is 0 Å². The van der Waals surface area contributed by atoms with Crippen molar-refractivity contribution in [1.82, 2.24) is 4.98 Å². The van der Waals surface area contributed by atoms with E-state index < -0.39 is 0 Å². The number of hydrogen-bond acceptors (Lipinski definition) is 4. The van der Waals surface area contributed by atoms with Gasteiger partial charge in [-0.1, -0.05) is 12.2 Å². The number of thiocarbonyl (C=S) groups is 1. The Kier molecular flexibility index (Phi) is 4.84. The summed E-state index contributed by atoms with van der Waals surface area (Å²) in [5.41, 5.74) is 7.79. The second-order valence-corrected chi connectivity index (χ2v) is 4.85. The van der Waals surface area contributed by atoms with Crippen LogP contribution >= 0.6 is 12.2 Å². The molecule has 0 spiro atoms. The Morgan fingerprint density at radius 3 is 2.57 bits per heavy atom. The first-order chi connectivity index (χ1) is 10.0. The van der Waals surface area contributed by atoms with Crippen LogP contribution in [0.1, 0.15) is 11.3 Å². The van der Waals surface area contributed by atoms with E-state index in [1.54, 1.807) is 36.5 Å². The molecular formula is C15H15N3O2S. The molecule has 0 aliphatic heterocycles. The molecule has 21 heavy (non-hydrogen) atoms. The molecule has 6 heteroatoms. The number of pyridine rings is 1. The van der Waals surface area contributed by atoms with Gasteiger partial charge in [0.2, 0.25) is 0 Å². The predicted octanol–water partition coefficient (Wildman–Crippen LogP) is 2.04. The molecule has 0 saturated carbocycles. The average molecular weight is 301 g/mol. The largest absolute Gasteiger partial charge is 0.484 e. The molecule has 5 nitrogen and oxygen atoms in total. The summed E-state index contributed by atoms with van der Waals surface area (Å²) in [5, 5.41) is 2.70. The molecule has 1 heterocycles. The lowest BCUT2D eigenvalue weighted by Gasteiger charge is -2.08. The second-order valence-electron chi connectivity index (χ2n) is 4.41. The highest BCUT2D eigenvalue weighted by Gasteiger charge is 2.04. The van der Waals surface area contributed by atoms with Crippen LogP contribution in [0.3, 0.4) is 0 Å². The molecule has 0 aliphatic carbocycles. The highest BCUT2D eigenvalue weighted by molar-refractivity contribution is 7.80. The molecule has 0 atom stereocenters.